The quantitative estimate of drug-likeness (QED) is 0.666. The Morgan fingerprint density at radius 1 is 1.17 bits per heavy atom. The van der Waals surface area contributed by atoms with Gasteiger partial charge in [-0.05, 0) is 38.1 Å². The van der Waals surface area contributed by atoms with Gasteiger partial charge >= 0.3 is 6.18 Å². The third-order valence-electron chi connectivity index (χ3n) is 4.44. The van der Waals surface area contributed by atoms with Gasteiger partial charge in [0.25, 0.3) is 5.56 Å². The molecule has 1 amide bonds. The van der Waals surface area contributed by atoms with Gasteiger partial charge in [0.05, 0.1) is 22.5 Å². The maximum Gasteiger partial charge on any atom is 0.419 e. The second kappa shape index (κ2) is 8.56. The van der Waals surface area contributed by atoms with Crippen LogP contribution in [-0.4, -0.2) is 28.1 Å². The van der Waals surface area contributed by atoms with Crippen LogP contribution in [0.15, 0.2) is 53.3 Å². The highest BCUT2D eigenvalue weighted by Crippen LogP contribution is 2.35. The SMILES string of the molecule is Cc1nc2ccccc2c(=O)n1CC(=O)NC(C)COc1ccccc1C(F)(F)F. The van der Waals surface area contributed by atoms with Crippen molar-refractivity contribution in [2.45, 2.75) is 32.6 Å². The predicted octanol–water partition coefficient (Wildman–Crippen LogP) is 3.31. The number of carbonyl (C=O) groups is 1. The number of carbonyl (C=O) groups excluding carboxylic acids is 1. The van der Waals surface area contributed by atoms with E-state index in [1.807, 2.05) is 0 Å². The molecule has 0 aliphatic rings. The molecule has 9 heteroatoms. The Balaban J connectivity index is 1.65. The normalized spacial score (nSPS) is 12.6. The summed E-state index contributed by atoms with van der Waals surface area (Å²) in [5.74, 6) is -0.397. The van der Waals surface area contributed by atoms with Gasteiger partial charge < -0.3 is 10.1 Å². The summed E-state index contributed by atoms with van der Waals surface area (Å²) in [6.45, 7) is 2.80. The monoisotopic (exact) mass is 419 g/mol. The van der Waals surface area contributed by atoms with E-state index in [4.69, 9.17) is 4.74 Å². The van der Waals surface area contributed by atoms with E-state index in [-0.39, 0.29) is 24.5 Å². The minimum atomic E-state index is -4.54. The average molecular weight is 419 g/mol. The van der Waals surface area contributed by atoms with Gasteiger partial charge in [-0.2, -0.15) is 13.2 Å². The molecular weight excluding hydrogens is 399 g/mol. The number of benzene rings is 2. The van der Waals surface area contributed by atoms with Gasteiger partial charge in [0.15, 0.2) is 0 Å². The number of amides is 1. The lowest BCUT2D eigenvalue weighted by molar-refractivity contribution is -0.139. The molecule has 0 aliphatic heterocycles. The molecule has 1 heterocycles. The second-order valence-corrected chi connectivity index (χ2v) is 6.84. The average Bonchev–Trinajstić information content (AvgIpc) is 2.69. The van der Waals surface area contributed by atoms with Gasteiger partial charge in [-0.15, -0.1) is 0 Å². The smallest absolute Gasteiger partial charge is 0.419 e. The number of aromatic nitrogens is 2. The fourth-order valence-electron chi connectivity index (χ4n) is 3.01. The number of para-hydroxylation sites is 2. The molecule has 30 heavy (non-hydrogen) atoms. The highest BCUT2D eigenvalue weighted by Gasteiger charge is 2.34. The van der Waals surface area contributed by atoms with E-state index in [2.05, 4.69) is 10.3 Å². The summed E-state index contributed by atoms with van der Waals surface area (Å²) in [5.41, 5.74) is -0.675. The highest BCUT2D eigenvalue weighted by molar-refractivity contribution is 5.79. The Morgan fingerprint density at radius 3 is 2.57 bits per heavy atom. The number of ether oxygens (including phenoxy) is 1. The Kier molecular flexibility index (Phi) is 6.09. The number of fused-ring (bicyclic) bond motifs is 1. The number of rotatable bonds is 6. The molecule has 3 rings (SSSR count). The van der Waals surface area contributed by atoms with Crippen LogP contribution in [0.5, 0.6) is 5.75 Å². The molecule has 0 aliphatic carbocycles. The van der Waals surface area contributed by atoms with Crippen molar-refractivity contribution in [3.8, 4) is 5.75 Å². The van der Waals surface area contributed by atoms with Crippen LogP contribution in [0.25, 0.3) is 10.9 Å². The van der Waals surface area contributed by atoms with Crippen molar-refractivity contribution in [2.24, 2.45) is 0 Å². The topological polar surface area (TPSA) is 73.2 Å². The second-order valence-electron chi connectivity index (χ2n) is 6.84. The maximum absolute atomic E-state index is 13.0. The molecule has 158 valence electrons. The molecule has 3 aromatic rings. The summed E-state index contributed by atoms with van der Waals surface area (Å²) in [5, 5.41) is 3.03. The van der Waals surface area contributed by atoms with Crippen LogP contribution >= 0.6 is 0 Å². The molecule has 1 unspecified atom stereocenters. The van der Waals surface area contributed by atoms with E-state index in [0.717, 1.165) is 6.07 Å². The summed E-state index contributed by atoms with van der Waals surface area (Å²) >= 11 is 0. The number of nitrogens with zero attached hydrogens (tertiary/aromatic N) is 2. The number of nitrogens with one attached hydrogen (secondary N) is 1. The Hall–Kier alpha value is -3.36. The lowest BCUT2D eigenvalue weighted by Gasteiger charge is -2.18. The molecule has 0 fully saturated rings. The van der Waals surface area contributed by atoms with Gasteiger partial charge in [0.1, 0.15) is 24.7 Å². The predicted molar refractivity (Wildman–Crippen MR) is 105 cm³/mol. The van der Waals surface area contributed by atoms with Crippen molar-refractivity contribution in [1.82, 2.24) is 14.9 Å². The fraction of sp³-hybridized carbons (Fsp3) is 0.286. The molecule has 0 saturated carbocycles. The number of alkyl halides is 3. The molecular formula is C21H20F3N3O3. The third-order valence-corrected chi connectivity index (χ3v) is 4.44. The zero-order valence-electron chi connectivity index (χ0n) is 16.4. The van der Waals surface area contributed by atoms with Crippen LogP contribution in [0.3, 0.4) is 0 Å². The van der Waals surface area contributed by atoms with Crippen LogP contribution in [0.1, 0.15) is 18.3 Å². The summed E-state index contributed by atoms with van der Waals surface area (Å²) in [6, 6.07) is 11.1. The Labute approximate surface area is 170 Å². The number of aryl methyl sites for hydroxylation is 1. The van der Waals surface area contributed by atoms with Crippen molar-refractivity contribution in [3.63, 3.8) is 0 Å². The van der Waals surface area contributed by atoms with E-state index < -0.39 is 23.7 Å². The zero-order chi connectivity index (χ0) is 21.9. The third kappa shape index (κ3) is 4.79. The molecule has 1 atom stereocenters. The van der Waals surface area contributed by atoms with Crippen LogP contribution in [0, 0.1) is 6.92 Å². The first-order valence-corrected chi connectivity index (χ1v) is 9.21. The molecule has 6 nitrogen and oxygen atoms in total. The van der Waals surface area contributed by atoms with Crippen LogP contribution < -0.4 is 15.6 Å². The van der Waals surface area contributed by atoms with Crippen molar-refractivity contribution < 1.29 is 22.7 Å². The zero-order valence-corrected chi connectivity index (χ0v) is 16.4. The van der Waals surface area contributed by atoms with Crippen molar-refractivity contribution in [3.05, 3.63) is 70.3 Å². The summed E-state index contributed by atoms with van der Waals surface area (Å²) in [7, 11) is 0. The molecule has 1 N–H and O–H groups in total. The minimum Gasteiger partial charge on any atom is -0.491 e. The van der Waals surface area contributed by atoms with E-state index in [0.29, 0.717) is 16.7 Å². The number of halogens is 3. The van der Waals surface area contributed by atoms with E-state index in [1.165, 1.54) is 22.8 Å². The molecule has 1 aromatic heterocycles. The molecule has 0 bridgehead atoms. The lowest BCUT2D eigenvalue weighted by Crippen LogP contribution is -2.41. The minimum absolute atomic E-state index is 0.164. The van der Waals surface area contributed by atoms with Crippen LogP contribution in [0.2, 0.25) is 0 Å². The Morgan fingerprint density at radius 2 is 1.83 bits per heavy atom. The molecule has 0 saturated heterocycles. The van der Waals surface area contributed by atoms with Crippen LogP contribution in [0.4, 0.5) is 13.2 Å². The van der Waals surface area contributed by atoms with Gasteiger partial charge in [-0.1, -0.05) is 24.3 Å². The number of hydrogen-bond donors (Lipinski definition) is 1. The first-order valence-electron chi connectivity index (χ1n) is 9.21. The van der Waals surface area contributed by atoms with Crippen molar-refractivity contribution in [2.75, 3.05) is 6.61 Å². The lowest BCUT2D eigenvalue weighted by atomic mass is 10.2. The maximum atomic E-state index is 13.0. The van der Waals surface area contributed by atoms with E-state index in [1.54, 1.807) is 38.1 Å². The molecule has 0 radical (unpaired) electrons. The highest BCUT2D eigenvalue weighted by atomic mass is 19.4. The molecule has 2 aromatic carbocycles. The standard InChI is InChI=1S/C21H20F3N3O3/c1-13(12-30-18-10-6-4-8-16(18)21(22,23)24)25-19(28)11-27-14(2)26-17-9-5-3-7-15(17)20(27)29/h3-10,13H,11-12H2,1-2H3,(H,25,28). The Bertz CT molecular complexity index is 1130. The number of hydrogen-bond acceptors (Lipinski definition) is 4. The van der Waals surface area contributed by atoms with Crippen molar-refractivity contribution in [1.29, 1.82) is 0 Å². The first-order chi connectivity index (χ1) is 14.2. The van der Waals surface area contributed by atoms with Gasteiger partial charge in [-0.25, -0.2) is 4.98 Å². The van der Waals surface area contributed by atoms with Gasteiger partial charge in [0.2, 0.25) is 5.91 Å². The van der Waals surface area contributed by atoms with Gasteiger partial charge in [0, 0.05) is 0 Å². The summed E-state index contributed by atoms with van der Waals surface area (Å²) in [6.07, 6.45) is -4.54. The van der Waals surface area contributed by atoms with Gasteiger partial charge in [-0.3, -0.25) is 14.2 Å². The first kappa shape index (κ1) is 21.4. The summed E-state index contributed by atoms with van der Waals surface area (Å²) in [4.78, 5) is 29.3. The fourth-order valence-corrected chi connectivity index (χ4v) is 3.01. The summed E-state index contributed by atoms with van der Waals surface area (Å²) < 4.78 is 45.6. The van der Waals surface area contributed by atoms with E-state index >= 15 is 0 Å². The van der Waals surface area contributed by atoms with E-state index in [9.17, 15) is 22.8 Å². The largest absolute Gasteiger partial charge is 0.491 e. The molecule has 0 spiro atoms. The van der Waals surface area contributed by atoms with Crippen molar-refractivity contribution >= 4 is 16.8 Å². The van der Waals surface area contributed by atoms with Crippen LogP contribution in [-0.2, 0) is 17.5 Å².